The highest BCUT2D eigenvalue weighted by Crippen LogP contribution is 2.25. The van der Waals surface area contributed by atoms with Crippen LogP contribution < -0.4 is 4.74 Å². The Morgan fingerprint density at radius 2 is 2.12 bits per heavy atom. The van der Waals surface area contributed by atoms with Gasteiger partial charge in [0.05, 0.1) is 7.11 Å². The highest BCUT2D eigenvalue weighted by molar-refractivity contribution is 5.36. The predicted molar refractivity (Wildman–Crippen MR) is 59.1 cm³/mol. The average molecular weight is 225 g/mol. The number of ether oxygens (including phenoxy) is 1. The van der Waals surface area contributed by atoms with Crippen LogP contribution in [0.1, 0.15) is 24.2 Å². The second-order valence-corrected chi connectivity index (χ2v) is 3.69. The quantitative estimate of drug-likeness (QED) is 0.625. The van der Waals surface area contributed by atoms with E-state index in [-0.39, 0.29) is 0 Å². The SMILES string of the molecule is COc1ccc([C@@H](O)[C@H](C)[N+](=O)[O-])c(C)c1. The third kappa shape index (κ3) is 2.49. The Labute approximate surface area is 93.8 Å². The molecule has 5 heteroatoms. The molecule has 0 fully saturated rings. The van der Waals surface area contributed by atoms with Gasteiger partial charge in [-0.3, -0.25) is 10.1 Å². The van der Waals surface area contributed by atoms with Crippen molar-refractivity contribution in [1.29, 1.82) is 0 Å². The van der Waals surface area contributed by atoms with Crippen molar-refractivity contribution in [3.63, 3.8) is 0 Å². The average Bonchev–Trinajstić information content (AvgIpc) is 2.26. The lowest BCUT2D eigenvalue weighted by atomic mass is 9.99. The Balaban J connectivity index is 3.00. The van der Waals surface area contributed by atoms with Gasteiger partial charge in [0.2, 0.25) is 6.04 Å². The van der Waals surface area contributed by atoms with Crippen molar-refractivity contribution >= 4 is 0 Å². The van der Waals surface area contributed by atoms with Crippen LogP contribution in [0.4, 0.5) is 0 Å². The zero-order valence-electron chi connectivity index (χ0n) is 9.51. The minimum Gasteiger partial charge on any atom is -0.497 e. The fraction of sp³-hybridized carbons (Fsp3) is 0.455. The third-order valence-corrected chi connectivity index (χ3v) is 2.59. The number of aryl methyl sites for hydroxylation is 1. The van der Waals surface area contributed by atoms with E-state index in [4.69, 9.17) is 4.74 Å². The zero-order chi connectivity index (χ0) is 12.3. The molecule has 0 amide bonds. The van der Waals surface area contributed by atoms with Crippen LogP contribution in [0.2, 0.25) is 0 Å². The van der Waals surface area contributed by atoms with Crippen LogP contribution in [0.3, 0.4) is 0 Å². The first-order valence-electron chi connectivity index (χ1n) is 4.93. The molecule has 0 heterocycles. The standard InChI is InChI=1S/C11H15NO4/c1-7-6-9(16-3)4-5-10(7)11(13)8(2)12(14)15/h4-6,8,11,13H,1-3H3/t8-,11-/m0/s1. The van der Waals surface area contributed by atoms with Crippen molar-refractivity contribution in [3.8, 4) is 5.75 Å². The van der Waals surface area contributed by atoms with Crippen LogP contribution >= 0.6 is 0 Å². The first kappa shape index (κ1) is 12.4. The van der Waals surface area contributed by atoms with E-state index in [9.17, 15) is 15.2 Å². The molecular formula is C11H15NO4. The summed E-state index contributed by atoms with van der Waals surface area (Å²) in [4.78, 5) is 10.1. The van der Waals surface area contributed by atoms with E-state index in [1.807, 2.05) is 0 Å². The van der Waals surface area contributed by atoms with Crippen LogP contribution in [0, 0.1) is 17.0 Å². The lowest BCUT2D eigenvalue weighted by Crippen LogP contribution is -2.24. The highest BCUT2D eigenvalue weighted by atomic mass is 16.6. The van der Waals surface area contributed by atoms with Crippen LogP contribution in [0.5, 0.6) is 5.75 Å². The fourth-order valence-corrected chi connectivity index (χ4v) is 1.48. The molecule has 0 aliphatic carbocycles. The molecule has 0 aliphatic heterocycles. The number of methoxy groups -OCH3 is 1. The molecule has 0 saturated heterocycles. The Bertz CT molecular complexity index is 392. The number of aliphatic hydroxyl groups is 1. The van der Waals surface area contributed by atoms with E-state index < -0.39 is 17.1 Å². The Morgan fingerprint density at radius 3 is 2.56 bits per heavy atom. The van der Waals surface area contributed by atoms with Gasteiger partial charge < -0.3 is 9.84 Å². The van der Waals surface area contributed by atoms with Crippen molar-refractivity contribution in [2.24, 2.45) is 0 Å². The van der Waals surface area contributed by atoms with Crippen molar-refractivity contribution < 1.29 is 14.8 Å². The smallest absolute Gasteiger partial charge is 0.239 e. The molecule has 1 aromatic rings. The molecule has 0 bridgehead atoms. The highest BCUT2D eigenvalue weighted by Gasteiger charge is 2.26. The summed E-state index contributed by atoms with van der Waals surface area (Å²) in [6.07, 6.45) is -1.10. The van der Waals surface area contributed by atoms with Gasteiger partial charge in [-0.2, -0.15) is 0 Å². The molecule has 1 N–H and O–H groups in total. The maximum atomic E-state index is 10.6. The van der Waals surface area contributed by atoms with Crippen LogP contribution in [0.25, 0.3) is 0 Å². The Kier molecular flexibility index (Phi) is 3.84. The predicted octanol–water partition coefficient (Wildman–Crippen LogP) is 1.70. The van der Waals surface area contributed by atoms with Gasteiger partial charge in [-0.25, -0.2) is 0 Å². The van der Waals surface area contributed by atoms with Crippen molar-refractivity contribution in [1.82, 2.24) is 0 Å². The summed E-state index contributed by atoms with van der Waals surface area (Å²) >= 11 is 0. The number of nitro groups is 1. The van der Waals surface area contributed by atoms with Gasteiger partial charge in [0.15, 0.2) is 0 Å². The van der Waals surface area contributed by atoms with Gasteiger partial charge in [-0.15, -0.1) is 0 Å². The van der Waals surface area contributed by atoms with Crippen LogP contribution in [-0.4, -0.2) is 23.2 Å². The largest absolute Gasteiger partial charge is 0.497 e. The maximum Gasteiger partial charge on any atom is 0.239 e. The van der Waals surface area contributed by atoms with Gasteiger partial charge in [0, 0.05) is 11.8 Å². The molecule has 88 valence electrons. The fourth-order valence-electron chi connectivity index (χ4n) is 1.48. The van der Waals surface area contributed by atoms with Crippen LogP contribution in [0.15, 0.2) is 18.2 Å². The molecule has 0 radical (unpaired) electrons. The Morgan fingerprint density at radius 1 is 1.50 bits per heavy atom. The molecule has 0 saturated carbocycles. The first-order valence-corrected chi connectivity index (χ1v) is 4.93. The molecule has 1 rings (SSSR count). The van der Waals surface area contributed by atoms with E-state index >= 15 is 0 Å². The number of rotatable bonds is 4. The summed E-state index contributed by atoms with van der Waals surface area (Å²) in [7, 11) is 1.55. The zero-order valence-corrected chi connectivity index (χ0v) is 9.51. The van der Waals surface area contributed by atoms with E-state index in [2.05, 4.69) is 0 Å². The molecule has 1 aromatic carbocycles. The molecule has 0 spiro atoms. The molecule has 5 nitrogen and oxygen atoms in total. The summed E-state index contributed by atoms with van der Waals surface area (Å²) in [5.41, 5.74) is 1.34. The molecule has 2 atom stereocenters. The van der Waals surface area contributed by atoms with Gasteiger partial charge in [0.1, 0.15) is 11.9 Å². The van der Waals surface area contributed by atoms with Gasteiger partial charge in [-0.05, 0) is 30.2 Å². The third-order valence-electron chi connectivity index (χ3n) is 2.59. The van der Waals surface area contributed by atoms with E-state index in [1.165, 1.54) is 6.92 Å². The second-order valence-electron chi connectivity index (χ2n) is 3.69. The monoisotopic (exact) mass is 225 g/mol. The minimum atomic E-state index is -1.10. The van der Waals surface area contributed by atoms with E-state index in [1.54, 1.807) is 32.2 Å². The summed E-state index contributed by atoms with van der Waals surface area (Å²) in [5.74, 6) is 0.669. The second kappa shape index (κ2) is 4.94. The number of hydrogen-bond donors (Lipinski definition) is 1. The molecule has 16 heavy (non-hydrogen) atoms. The topological polar surface area (TPSA) is 72.6 Å². The maximum absolute atomic E-state index is 10.6. The lowest BCUT2D eigenvalue weighted by molar-refractivity contribution is -0.531. The Hall–Kier alpha value is -1.62. The summed E-state index contributed by atoms with van der Waals surface area (Å²) in [6.45, 7) is 3.17. The van der Waals surface area contributed by atoms with Gasteiger partial charge >= 0.3 is 0 Å². The van der Waals surface area contributed by atoms with Crippen molar-refractivity contribution in [3.05, 3.63) is 39.4 Å². The first-order chi connectivity index (χ1) is 7.47. The summed E-state index contributed by atoms with van der Waals surface area (Å²) in [5, 5.41) is 20.4. The number of aliphatic hydroxyl groups excluding tert-OH is 1. The number of nitrogens with zero attached hydrogens (tertiary/aromatic N) is 1. The normalized spacial score (nSPS) is 14.2. The molecular weight excluding hydrogens is 210 g/mol. The molecule has 0 aromatic heterocycles. The summed E-state index contributed by atoms with van der Waals surface area (Å²) < 4.78 is 5.02. The number of benzene rings is 1. The minimum absolute atomic E-state index is 0.492. The van der Waals surface area contributed by atoms with Crippen LogP contribution in [-0.2, 0) is 0 Å². The van der Waals surface area contributed by atoms with Gasteiger partial charge in [0.25, 0.3) is 0 Å². The van der Waals surface area contributed by atoms with E-state index in [0.29, 0.717) is 11.3 Å². The van der Waals surface area contributed by atoms with Gasteiger partial charge in [-0.1, -0.05) is 6.07 Å². The lowest BCUT2D eigenvalue weighted by Gasteiger charge is -2.15. The van der Waals surface area contributed by atoms with Crippen molar-refractivity contribution in [2.75, 3.05) is 7.11 Å². The molecule has 0 aliphatic rings. The van der Waals surface area contributed by atoms with E-state index in [0.717, 1.165) is 5.56 Å². The molecule has 0 unspecified atom stereocenters. The number of hydrogen-bond acceptors (Lipinski definition) is 4. The summed E-state index contributed by atoms with van der Waals surface area (Å²) in [6, 6.07) is 4.05. The van der Waals surface area contributed by atoms with Crippen molar-refractivity contribution in [2.45, 2.75) is 26.0 Å².